The van der Waals surface area contributed by atoms with E-state index in [4.69, 9.17) is 0 Å². The molecule has 112 valence electrons. The van der Waals surface area contributed by atoms with Crippen LogP contribution in [0, 0.1) is 0 Å². The van der Waals surface area contributed by atoms with E-state index in [1.165, 1.54) is 24.3 Å². The van der Waals surface area contributed by atoms with Crippen molar-refractivity contribution >= 4 is 17.2 Å². The zero-order chi connectivity index (χ0) is 14.0. The molecule has 21 heavy (non-hydrogen) atoms. The largest absolute Gasteiger partial charge is 0.316 e. The predicted octanol–water partition coefficient (Wildman–Crippen LogP) is 1.95. The zero-order valence-electron chi connectivity index (χ0n) is 12.1. The number of rotatable bonds is 3. The molecular weight excluding hydrogens is 282 g/mol. The highest BCUT2D eigenvalue weighted by Crippen LogP contribution is 2.48. The Balaban J connectivity index is 1.43. The van der Waals surface area contributed by atoms with Gasteiger partial charge in [-0.25, -0.2) is 0 Å². The van der Waals surface area contributed by atoms with Crippen molar-refractivity contribution in [2.45, 2.75) is 55.9 Å². The van der Waals surface area contributed by atoms with Gasteiger partial charge in [0.15, 0.2) is 0 Å². The minimum absolute atomic E-state index is 0.115. The van der Waals surface area contributed by atoms with Gasteiger partial charge < -0.3 is 4.90 Å². The highest BCUT2D eigenvalue weighted by atomic mass is 32.1. The lowest BCUT2D eigenvalue weighted by Gasteiger charge is -2.29. The maximum absolute atomic E-state index is 12.9. The number of nitrogens with zero attached hydrogens (tertiary/aromatic N) is 2. The van der Waals surface area contributed by atoms with Crippen molar-refractivity contribution in [3.63, 3.8) is 0 Å². The lowest BCUT2D eigenvalue weighted by molar-refractivity contribution is -0.132. The standard InChI is InChI=1S/C16H21N3OS/c20-15-16(6-7-16)17-14(13-2-1-9-21-13)19(15)12-5-8-18(10-12)11-3-4-11/h1-2,9,11-12,14,17H,3-8,10H2. The second kappa shape index (κ2) is 4.31. The molecule has 2 aliphatic carbocycles. The van der Waals surface area contributed by atoms with Gasteiger partial charge in [0.1, 0.15) is 11.7 Å². The van der Waals surface area contributed by atoms with Gasteiger partial charge in [0.2, 0.25) is 5.91 Å². The van der Waals surface area contributed by atoms with Crippen LogP contribution in [0.2, 0.25) is 0 Å². The van der Waals surface area contributed by atoms with E-state index >= 15 is 0 Å². The summed E-state index contributed by atoms with van der Waals surface area (Å²) in [5, 5.41) is 5.76. The number of hydrogen-bond acceptors (Lipinski definition) is 4. The van der Waals surface area contributed by atoms with Crippen LogP contribution in [-0.4, -0.2) is 46.4 Å². The number of carbonyl (C=O) groups is 1. The average molecular weight is 303 g/mol. The molecule has 1 aromatic rings. The van der Waals surface area contributed by atoms with E-state index in [2.05, 4.69) is 32.6 Å². The Morgan fingerprint density at radius 3 is 2.76 bits per heavy atom. The summed E-state index contributed by atoms with van der Waals surface area (Å²) in [6, 6.07) is 5.47. The molecule has 2 aliphatic heterocycles. The Morgan fingerprint density at radius 2 is 2.10 bits per heavy atom. The first-order valence-electron chi connectivity index (χ1n) is 8.15. The molecule has 3 heterocycles. The molecule has 2 atom stereocenters. The molecule has 1 spiro atoms. The summed E-state index contributed by atoms with van der Waals surface area (Å²) < 4.78 is 0. The van der Waals surface area contributed by atoms with Crippen molar-refractivity contribution in [2.24, 2.45) is 0 Å². The number of nitrogens with one attached hydrogen (secondary N) is 1. The minimum atomic E-state index is -0.207. The number of amides is 1. The van der Waals surface area contributed by atoms with Crippen molar-refractivity contribution < 1.29 is 4.79 Å². The Kier molecular flexibility index (Phi) is 2.59. The summed E-state index contributed by atoms with van der Waals surface area (Å²) in [7, 11) is 0. The molecule has 0 radical (unpaired) electrons. The first kappa shape index (κ1) is 12.6. The van der Waals surface area contributed by atoms with Gasteiger partial charge in [-0.15, -0.1) is 11.3 Å². The van der Waals surface area contributed by atoms with Crippen LogP contribution in [0.15, 0.2) is 17.5 Å². The molecule has 4 nitrogen and oxygen atoms in total. The monoisotopic (exact) mass is 303 g/mol. The van der Waals surface area contributed by atoms with Crippen LogP contribution in [0.3, 0.4) is 0 Å². The van der Waals surface area contributed by atoms with Gasteiger partial charge in [0, 0.05) is 30.1 Å². The third-order valence-corrected chi connectivity index (χ3v) is 6.47. The molecule has 2 unspecified atom stereocenters. The van der Waals surface area contributed by atoms with Gasteiger partial charge in [-0.2, -0.15) is 0 Å². The summed E-state index contributed by atoms with van der Waals surface area (Å²) in [5.74, 6) is 0.364. The van der Waals surface area contributed by atoms with E-state index in [1.807, 2.05) is 0 Å². The van der Waals surface area contributed by atoms with Gasteiger partial charge in [-0.1, -0.05) is 6.07 Å². The van der Waals surface area contributed by atoms with Crippen LogP contribution in [0.4, 0.5) is 0 Å². The molecular formula is C16H21N3OS. The fourth-order valence-electron chi connectivity index (χ4n) is 4.04. The third kappa shape index (κ3) is 1.91. The van der Waals surface area contributed by atoms with E-state index in [0.717, 1.165) is 31.8 Å². The molecule has 4 fully saturated rings. The summed E-state index contributed by atoms with van der Waals surface area (Å²) in [5.41, 5.74) is -0.207. The highest BCUT2D eigenvalue weighted by Gasteiger charge is 2.61. The summed E-state index contributed by atoms with van der Waals surface area (Å²) in [4.78, 5) is 19.0. The number of likely N-dealkylation sites (tertiary alicyclic amines) is 1. The van der Waals surface area contributed by atoms with E-state index in [0.29, 0.717) is 11.9 Å². The van der Waals surface area contributed by atoms with Gasteiger partial charge >= 0.3 is 0 Å². The summed E-state index contributed by atoms with van der Waals surface area (Å²) in [6.07, 6.45) is 6.01. The number of thiophene rings is 1. The molecule has 1 N–H and O–H groups in total. The second-order valence-electron chi connectivity index (χ2n) is 7.03. The Morgan fingerprint density at radius 1 is 1.24 bits per heavy atom. The molecule has 0 bridgehead atoms. The van der Waals surface area contributed by atoms with Crippen molar-refractivity contribution in [3.05, 3.63) is 22.4 Å². The van der Waals surface area contributed by atoms with Gasteiger partial charge in [0.25, 0.3) is 0 Å². The SMILES string of the molecule is O=C1N(C2CCN(C3CC3)C2)C(c2cccs2)NC12CC2. The van der Waals surface area contributed by atoms with Crippen LogP contribution in [-0.2, 0) is 4.79 Å². The van der Waals surface area contributed by atoms with Crippen molar-refractivity contribution in [3.8, 4) is 0 Å². The predicted molar refractivity (Wildman–Crippen MR) is 82.0 cm³/mol. The Labute approximate surface area is 129 Å². The fourth-order valence-corrected chi connectivity index (χ4v) is 4.81. The van der Waals surface area contributed by atoms with Gasteiger partial charge in [-0.05, 0) is 43.6 Å². The lowest BCUT2D eigenvalue weighted by Crippen LogP contribution is -2.42. The van der Waals surface area contributed by atoms with Crippen LogP contribution in [0.5, 0.6) is 0 Å². The van der Waals surface area contributed by atoms with E-state index in [1.54, 1.807) is 11.3 Å². The minimum Gasteiger partial charge on any atom is -0.316 e. The zero-order valence-corrected chi connectivity index (χ0v) is 12.9. The maximum Gasteiger partial charge on any atom is 0.244 e. The first-order chi connectivity index (χ1) is 10.3. The van der Waals surface area contributed by atoms with Gasteiger partial charge in [-0.3, -0.25) is 15.0 Å². The molecule has 5 rings (SSSR count). The Hall–Kier alpha value is -0.910. The summed E-state index contributed by atoms with van der Waals surface area (Å²) in [6.45, 7) is 2.25. The van der Waals surface area contributed by atoms with Crippen LogP contribution < -0.4 is 5.32 Å². The van der Waals surface area contributed by atoms with Crippen LogP contribution in [0.1, 0.15) is 43.1 Å². The lowest BCUT2D eigenvalue weighted by atomic mass is 10.2. The van der Waals surface area contributed by atoms with Crippen LogP contribution in [0.25, 0.3) is 0 Å². The topological polar surface area (TPSA) is 35.6 Å². The summed E-state index contributed by atoms with van der Waals surface area (Å²) >= 11 is 1.76. The molecule has 2 saturated carbocycles. The first-order valence-corrected chi connectivity index (χ1v) is 9.03. The Bertz CT molecular complexity index is 564. The number of hydrogen-bond donors (Lipinski definition) is 1. The van der Waals surface area contributed by atoms with Crippen molar-refractivity contribution in [1.29, 1.82) is 0 Å². The van der Waals surface area contributed by atoms with Crippen molar-refractivity contribution in [2.75, 3.05) is 13.1 Å². The second-order valence-corrected chi connectivity index (χ2v) is 8.00. The average Bonchev–Trinajstić information content (AvgIpc) is 3.33. The normalized spacial score (nSPS) is 35.0. The fraction of sp³-hybridized carbons (Fsp3) is 0.688. The van der Waals surface area contributed by atoms with E-state index in [9.17, 15) is 4.79 Å². The number of carbonyl (C=O) groups excluding carboxylic acids is 1. The molecule has 4 aliphatic rings. The smallest absolute Gasteiger partial charge is 0.244 e. The van der Waals surface area contributed by atoms with Gasteiger partial charge in [0.05, 0.1) is 0 Å². The van der Waals surface area contributed by atoms with Crippen molar-refractivity contribution in [1.82, 2.24) is 15.1 Å². The van der Waals surface area contributed by atoms with E-state index in [-0.39, 0.29) is 11.7 Å². The molecule has 1 aromatic heterocycles. The van der Waals surface area contributed by atoms with Crippen LogP contribution >= 0.6 is 11.3 Å². The molecule has 2 saturated heterocycles. The molecule has 5 heteroatoms. The van der Waals surface area contributed by atoms with E-state index < -0.39 is 0 Å². The molecule has 0 aromatic carbocycles. The highest BCUT2D eigenvalue weighted by molar-refractivity contribution is 7.10. The maximum atomic E-state index is 12.9. The quantitative estimate of drug-likeness (QED) is 0.927. The third-order valence-electron chi connectivity index (χ3n) is 5.55. The molecule has 1 amide bonds.